The van der Waals surface area contributed by atoms with E-state index in [1.165, 1.54) is 12.3 Å². The van der Waals surface area contributed by atoms with Crippen LogP contribution in [0.2, 0.25) is 0 Å². The van der Waals surface area contributed by atoms with Crippen LogP contribution < -0.4 is 11.1 Å². The second-order valence-electron chi connectivity index (χ2n) is 5.28. The highest BCUT2D eigenvalue weighted by molar-refractivity contribution is 7.90. The highest BCUT2D eigenvalue weighted by atomic mass is 32.2. The Morgan fingerprint density at radius 2 is 1.95 bits per heavy atom. The van der Waals surface area contributed by atoms with Crippen molar-refractivity contribution in [2.45, 2.75) is 44.6 Å². The quantitative estimate of drug-likeness (QED) is 0.788. The van der Waals surface area contributed by atoms with E-state index in [-0.39, 0.29) is 10.9 Å². The Morgan fingerprint density at radius 1 is 1.32 bits per heavy atom. The first kappa shape index (κ1) is 15.8. The molecule has 0 amide bonds. The molecule has 0 aromatic heterocycles. The van der Waals surface area contributed by atoms with Gasteiger partial charge in [0.25, 0.3) is 0 Å². The molecule has 0 saturated heterocycles. The molecule has 0 saturated carbocycles. The summed E-state index contributed by atoms with van der Waals surface area (Å²) in [5.41, 5.74) is 6.94. The van der Waals surface area contributed by atoms with Gasteiger partial charge in [0.15, 0.2) is 9.84 Å². The lowest BCUT2D eigenvalue weighted by atomic mass is 10.0. The van der Waals surface area contributed by atoms with E-state index in [4.69, 9.17) is 5.73 Å². The Bertz CT molecular complexity index is 526. The molecule has 5 heteroatoms. The average Bonchev–Trinajstić information content (AvgIpc) is 2.30. The van der Waals surface area contributed by atoms with E-state index in [1.807, 2.05) is 6.07 Å². The van der Waals surface area contributed by atoms with Crippen molar-refractivity contribution in [3.8, 4) is 0 Å². The van der Waals surface area contributed by atoms with Crippen LogP contribution in [0.3, 0.4) is 0 Å². The number of hydrogen-bond acceptors (Lipinski definition) is 4. The second kappa shape index (κ2) is 6.28. The molecule has 0 radical (unpaired) electrons. The van der Waals surface area contributed by atoms with Crippen molar-refractivity contribution in [1.82, 2.24) is 0 Å². The molecule has 3 N–H and O–H groups in total. The van der Waals surface area contributed by atoms with Gasteiger partial charge in [-0.2, -0.15) is 0 Å². The zero-order valence-corrected chi connectivity index (χ0v) is 12.9. The summed E-state index contributed by atoms with van der Waals surface area (Å²) >= 11 is 0. The number of benzene rings is 1. The maximum absolute atomic E-state index is 11.6. The largest absolute Gasteiger partial charge is 0.396 e. The van der Waals surface area contributed by atoms with Gasteiger partial charge < -0.3 is 11.1 Å². The van der Waals surface area contributed by atoms with Gasteiger partial charge in [-0.3, -0.25) is 0 Å². The Kier molecular flexibility index (Phi) is 5.23. The van der Waals surface area contributed by atoms with Gasteiger partial charge in [-0.1, -0.05) is 26.3 Å². The topological polar surface area (TPSA) is 72.2 Å². The van der Waals surface area contributed by atoms with Crippen molar-refractivity contribution in [3.05, 3.63) is 18.2 Å². The van der Waals surface area contributed by atoms with E-state index in [9.17, 15) is 8.42 Å². The molecule has 0 fully saturated rings. The Morgan fingerprint density at radius 3 is 2.47 bits per heavy atom. The first-order valence-electron chi connectivity index (χ1n) is 6.60. The van der Waals surface area contributed by atoms with Crippen LogP contribution >= 0.6 is 0 Å². The number of sulfone groups is 1. The van der Waals surface area contributed by atoms with Crippen LogP contribution in [-0.4, -0.2) is 20.7 Å². The van der Waals surface area contributed by atoms with Crippen LogP contribution in [0.5, 0.6) is 0 Å². The lowest BCUT2D eigenvalue weighted by Gasteiger charge is -2.20. The summed E-state index contributed by atoms with van der Waals surface area (Å²) in [6.07, 6.45) is 3.33. The number of anilines is 2. The number of para-hydroxylation sites is 1. The molecule has 0 heterocycles. The van der Waals surface area contributed by atoms with Gasteiger partial charge in [0.2, 0.25) is 0 Å². The minimum absolute atomic E-state index is 0.188. The first-order chi connectivity index (χ1) is 8.75. The normalized spacial score (nSPS) is 14.9. The van der Waals surface area contributed by atoms with Crippen molar-refractivity contribution in [2.75, 3.05) is 17.3 Å². The fourth-order valence-electron chi connectivity index (χ4n) is 2.09. The fraction of sp³-hybridized carbons (Fsp3) is 0.571. The third kappa shape index (κ3) is 4.42. The summed E-state index contributed by atoms with van der Waals surface area (Å²) in [5, 5.41) is 3.30. The maximum atomic E-state index is 11.6. The standard InChI is InChI=1S/C14H24N2O2S/c1-5-10(2)9-11(3)16-12-7-6-8-13(14(12)15)19(4,17)18/h6-8,10-11,16H,5,9,15H2,1-4H3. The number of nitrogen functional groups attached to an aromatic ring is 1. The first-order valence-corrected chi connectivity index (χ1v) is 8.50. The molecule has 0 aliphatic heterocycles. The van der Waals surface area contributed by atoms with E-state index in [1.54, 1.807) is 6.07 Å². The van der Waals surface area contributed by atoms with Gasteiger partial charge in [-0.15, -0.1) is 0 Å². The fourth-order valence-corrected chi connectivity index (χ4v) is 2.92. The molecule has 0 bridgehead atoms. The molecule has 2 unspecified atom stereocenters. The summed E-state index contributed by atoms with van der Waals surface area (Å²) in [5.74, 6) is 0.627. The molecule has 2 atom stereocenters. The number of rotatable bonds is 6. The van der Waals surface area contributed by atoms with Crippen molar-refractivity contribution in [1.29, 1.82) is 0 Å². The predicted molar refractivity (Wildman–Crippen MR) is 81.1 cm³/mol. The summed E-state index contributed by atoms with van der Waals surface area (Å²) in [6.45, 7) is 6.45. The zero-order chi connectivity index (χ0) is 14.6. The highest BCUT2D eigenvalue weighted by Crippen LogP contribution is 2.27. The van der Waals surface area contributed by atoms with Crippen LogP contribution in [0.25, 0.3) is 0 Å². The minimum Gasteiger partial charge on any atom is -0.396 e. The summed E-state index contributed by atoms with van der Waals surface area (Å²) < 4.78 is 23.2. The van der Waals surface area contributed by atoms with Crippen LogP contribution in [0.15, 0.2) is 23.1 Å². The average molecular weight is 284 g/mol. The lowest BCUT2D eigenvalue weighted by Crippen LogP contribution is -2.19. The smallest absolute Gasteiger partial charge is 0.177 e. The molecule has 1 rings (SSSR count). The molecule has 0 aliphatic rings. The van der Waals surface area contributed by atoms with E-state index in [0.29, 0.717) is 17.3 Å². The third-order valence-electron chi connectivity index (χ3n) is 3.32. The van der Waals surface area contributed by atoms with Crippen LogP contribution in [0.4, 0.5) is 11.4 Å². The number of nitrogens with one attached hydrogen (secondary N) is 1. The second-order valence-corrected chi connectivity index (χ2v) is 7.27. The summed E-state index contributed by atoms with van der Waals surface area (Å²) in [7, 11) is -3.28. The van der Waals surface area contributed by atoms with Crippen molar-refractivity contribution < 1.29 is 8.42 Å². The van der Waals surface area contributed by atoms with Gasteiger partial charge in [0, 0.05) is 12.3 Å². The van der Waals surface area contributed by atoms with E-state index in [0.717, 1.165) is 12.8 Å². The molecule has 1 aromatic rings. The Balaban J connectivity index is 2.91. The van der Waals surface area contributed by atoms with E-state index >= 15 is 0 Å². The molecule has 19 heavy (non-hydrogen) atoms. The Hall–Kier alpha value is -1.23. The maximum Gasteiger partial charge on any atom is 0.177 e. The summed E-state index contributed by atoms with van der Waals surface area (Å²) in [4.78, 5) is 0.188. The molecule has 4 nitrogen and oxygen atoms in total. The van der Waals surface area contributed by atoms with Crippen LogP contribution in [-0.2, 0) is 9.84 Å². The molecular formula is C14H24N2O2S. The van der Waals surface area contributed by atoms with Crippen molar-refractivity contribution in [2.24, 2.45) is 5.92 Å². The van der Waals surface area contributed by atoms with Gasteiger partial charge >= 0.3 is 0 Å². The van der Waals surface area contributed by atoms with E-state index in [2.05, 4.69) is 26.1 Å². The van der Waals surface area contributed by atoms with E-state index < -0.39 is 9.84 Å². The number of nitrogens with two attached hydrogens (primary N) is 1. The van der Waals surface area contributed by atoms with Crippen LogP contribution in [0, 0.1) is 5.92 Å². The molecule has 0 aliphatic carbocycles. The number of hydrogen-bond donors (Lipinski definition) is 2. The Labute approximate surface area is 116 Å². The van der Waals surface area contributed by atoms with Crippen molar-refractivity contribution in [3.63, 3.8) is 0 Å². The zero-order valence-electron chi connectivity index (χ0n) is 12.1. The van der Waals surface area contributed by atoms with Crippen LogP contribution in [0.1, 0.15) is 33.6 Å². The van der Waals surface area contributed by atoms with Gasteiger partial charge in [-0.05, 0) is 31.4 Å². The monoisotopic (exact) mass is 284 g/mol. The lowest BCUT2D eigenvalue weighted by molar-refractivity contribution is 0.484. The molecular weight excluding hydrogens is 260 g/mol. The predicted octanol–water partition coefficient (Wildman–Crippen LogP) is 2.91. The molecule has 0 spiro atoms. The molecule has 108 valence electrons. The van der Waals surface area contributed by atoms with Gasteiger partial charge in [-0.25, -0.2) is 8.42 Å². The minimum atomic E-state index is -3.28. The summed E-state index contributed by atoms with van der Waals surface area (Å²) in [6, 6.07) is 5.32. The van der Waals surface area contributed by atoms with Gasteiger partial charge in [0.1, 0.15) is 0 Å². The third-order valence-corrected chi connectivity index (χ3v) is 4.48. The SMILES string of the molecule is CCC(C)CC(C)Nc1cccc(S(C)(=O)=O)c1N. The highest BCUT2D eigenvalue weighted by Gasteiger charge is 2.15. The molecule has 1 aromatic carbocycles. The van der Waals surface area contributed by atoms with Crippen molar-refractivity contribution >= 4 is 21.2 Å². The van der Waals surface area contributed by atoms with Gasteiger partial charge in [0.05, 0.1) is 16.3 Å².